The average molecular weight is 156 g/mol. The maximum Gasteiger partial charge on any atom is 0.164 e. The largest absolute Gasteiger partial charge is 0.367 e. The molecule has 3 nitrogen and oxygen atoms in total. The van der Waals surface area contributed by atoms with Crippen molar-refractivity contribution < 1.29 is 10.2 Å². The van der Waals surface area contributed by atoms with Gasteiger partial charge in [-0.3, -0.25) is 0 Å². The molecule has 0 spiro atoms. The summed E-state index contributed by atoms with van der Waals surface area (Å²) in [7, 11) is 1.83. The Labute approximate surface area is 61.7 Å². The Morgan fingerprint density at radius 3 is 2.00 bits per heavy atom. The van der Waals surface area contributed by atoms with Crippen molar-refractivity contribution in [3.63, 3.8) is 0 Å². The molecule has 0 bridgehead atoms. The van der Waals surface area contributed by atoms with Crippen LogP contribution in [-0.4, -0.2) is 41.5 Å². The second-order valence-corrected chi connectivity index (χ2v) is 1.84. The lowest BCUT2D eigenvalue weighted by Crippen LogP contribution is -2.28. The summed E-state index contributed by atoms with van der Waals surface area (Å²) in [5, 5.41) is 16.7. The summed E-state index contributed by atoms with van der Waals surface area (Å²) in [4.78, 5) is 1.82. The van der Waals surface area contributed by atoms with Crippen molar-refractivity contribution in [1.29, 1.82) is 0 Å². The van der Waals surface area contributed by atoms with E-state index in [2.05, 4.69) is 0 Å². The lowest BCUT2D eigenvalue weighted by atomic mass is 10.5. The molecule has 4 heteroatoms. The second-order valence-electron chi connectivity index (χ2n) is 1.84. The van der Waals surface area contributed by atoms with Crippen LogP contribution >= 0.6 is 12.4 Å². The van der Waals surface area contributed by atoms with E-state index in [0.29, 0.717) is 6.54 Å². The standard InChI is InChI=1S/C5H13NO2.ClH/c1-3-6(2)4-5(7)8;/h5,7-8H,3-4H2,1-2H3;1H. The molecule has 0 aliphatic rings. The second kappa shape index (κ2) is 6.29. The monoisotopic (exact) mass is 155 g/mol. The van der Waals surface area contributed by atoms with Crippen molar-refractivity contribution in [1.82, 2.24) is 4.90 Å². The van der Waals surface area contributed by atoms with Crippen LogP contribution in [0.25, 0.3) is 0 Å². The minimum absolute atomic E-state index is 0. The molecule has 9 heavy (non-hydrogen) atoms. The predicted molar refractivity (Wildman–Crippen MR) is 38.6 cm³/mol. The molecular weight excluding hydrogens is 142 g/mol. The summed E-state index contributed by atoms with van der Waals surface area (Å²) in [5.74, 6) is 0. The van der Waals surface area contributed by atoms with E-state index < -0.39 is 6.29 Å². The van der Waals surface area contributed by atoms with Crippen LogP contribution in [0.3, 0.4) is 0 Å². The van der Waals surface area contributed by atoms with Crippen LogP contribution in [0.1, 0.15) is 6.92 Å². The zero-order valence-electron chi connectivity index (χ0n) is 5.74. The Morgan fingerprint density at radius 1 is 1.44 bits per heavy atom. The van der Waals surface area contributed by atoms with Gasteiger partial charge in [0.15, 0.2) is 6.29 Å². The average Bonchev–Trinajstić information content (AvgIpc) is 1.65. The molecule has 0 aromatic rings. The topological polar surface area (TPSA) is 43.7 Å². The number of hydrogen-bond acceptors (Lipinski definition) is 3. The molecule has 0 aromatic carbocycles. The van der Waals surface area contributed by atoms with Crippen molar-refractivity contribution >= 4 is 12.4 Å². The van der Waals surface area contributed by atoms with Crippen LogP contribution in [0.5, 0.6) is 0 Å². The number of rotatable bonds is 3. The van der Waals surface area contributed by atoms with Crippen molar-refractivity contribution in [3.05, 3.63) is 0 Å². The minimum atomic E-state index is -1.19. The highest BCUT2D eigenvalue weighted by atomic mass is 35.5. The highest BCUT2D eigenvalue weighted by molar-refractivity contribution is 5.85. The van der Waals surface area contributed by atoms with E-state index in [1.807, 2.05) is 18.9 Å². The molecule has 0 aliphatic carbocycles. The normalized spacial score (nSPS) is 10.0. The molecule has 0 fully saturated rings. The van der Waals surface area contributed by atoms with E-state index in [9.17, 15) is 0 Å². The van der Waals surface area contributed by atoms with Gasteiger partial charge in [0.2, 0.25) is 0 Å². The van der Waals surface area contributed by atoms with Crippen LogP contribution in [-0.2, 0) is 0 Å². The van der Waals surface area contributed by atoms with Crippen LogP contribution < -0.4 is 0 Å². The lowest BCUT2D eigenvalue weighted by molar-refractivity contribution is -0.0565. The third-order valence-electron chi connectivity index (χ3n) is 1.01. The Bertz CT molecular complexity index is 60.9. The number of likely N-dealkylation sites (N-methyl/N-ethyl adjacent to an activating group) is 1. The van der Waals surface area contributed by atoms with Gasteiger partial charge in [-0.25, -0.2) is 0 Å². The molecule has 0 atom stereocenters. The molecule has 58 valence electrons. The van der Waals surface area contributed by atoms with Gasteiger partial charge in [-0.15, -0.1) is 12.4 Å². The van der Waals surface area contributed by atoms with Gasteiger partial charge < -0.3 is 15.1 Å². The summed E-state index contributed by atoms with van der Waals surface area (Å²) in [5.41, 5.74) is 0. The zero-order chi connectivity index (χ0) is 6.57. The van der Waals surface area contributed by atoms with Crippen molar-refractivity contribution in [2.75, 3.05) is 20.1 Å². The number of aliphatic hydroxyl groups is 2. The van der Waals surface area contributed by atoms with Crippen molar-refractivity contribution in [2.45, 2.75) is 13.2 Å². The van der Waals surface area contributed by atoms with E-state index in [1.165, 1.54) is 0 Å². The Hall–Kier alpha value is 0.170. The molecule has 0 rings (SSSR count). The minimum Gasteiger partial charge on any atom is -0.367 e. The van der Waals surface area contributed by atoms with Gasteiger partial charge in [0.25, 0.3) is 0 Å². The van der Waals surface area contributed by atoms with E-state index in [0.717, 1.165) is 6.54 Å². The van der Waals surface area contributed by atoms with Gasteiger partial charge in [0, 0.05) is 6.54 Å². The highest BCUT2D eigenvalue weighted by Crippen LogP contribution is 1.82. The third-order valence-corrected chi connectivity index (χ3v) is 1.01. The third kappa shape index (κ3) is 8.17. The highest BCUT2D eigenvalue weighted by Gasteiger charge is 1.99. The van der Waals surface area contributed by atoms with E-state index >= 15 is 0 Å². The first-order chi connectivity index (χ1) is 3.66. The first-order valence-corrected chi connectivity index (χ1v) is 2.71. The molecule has 0 heterocycles. The van der Waals surface area contributed by atoms with Crippen molar-refractivity contribution in [2.24, 2.45) is 0 Å². The van der Waals surface area contributed by atoms with Crippen LogP contribution in [0.15, 0.2) is 0 Å². The zero-order valence-corrected chi connectivity index (χ0v) is 6.56. The van der Waals surface area contributed by atoms with Gasteiger partial charge in [-0.1, -0.05) is 6.92 Å². The fraction of sp³-hybridized carbons (Fsp3) is 1.00. The van der Waals surface area contributed by atoms with Gasteiger partial charge in [0.1, 0.15) is 0 Å². The first-order valence-electron chi connectivity index (χ1n) is 2.71. The number of nitrogens with zero attached hydrogens (tertiary/aromatic N) is 1. The summed E-state index contributed by atoms with van der Waals surface area (Å²) in [6.07, 6.45) is -1.19. The molecule has 0 amide bonds. The molecule has 2 N–H and O–H groups in total. The smallest absolute Gasteiger partial charge is 0.164 e. The van der Waals surface area contributed by atoms with Crippen LogP contribution in [0.4, 0.5) is 0 Å². The van der Waals surface area contributed by atoms with Gasteiger partial charge in [-0.05, 0) is 13.6 Å². The summed E-state index contributed by atoms with van der Waals surface area (Å²) in [6, 6.07) is 0. The molecule has 0 saturated heterocycles. The lowest BCUT2D eigenvalue weighted by Gasteiger charge is -2.13. The molecule has 0 aliphatic heterocycles. The maximum absolute atomic E-state index is 8.37. The van der Waals surface area contributed by atoms with Gasteiger partial charge >= 0.3 is 0 Å². The fourth-order valence-electron chi connectivity index (χ4n) is 0.408. The molecule has 0 unspecified atom stereocenters. The van der Waals surface area contributed by atoms with Gasteiger partial charge in [-0.2, -0.15) is 0 Å². The maximum atomic E-state index is 8.37. The van der Waals surface area contributed by atoms with E-state index in [1.54, 1.807) is 0 Å². The Balaban J connectivity index is 0. The molecular formula is C5H14ClNO2. The van der Waals surface area contributed by atoms with Crippen molar-refractivity contribution in [3.8, 4) is 0 Å². The molecule has 0 aromatic heterocycles. The number of aliphatic hydroxyl groups excluding tert-OH is 1. The van der Waals surface area contributed by atoms with E-state index in [4.69, 9.17) is 10.2 Å². The predicted octanol–water partition coefficient (Wildman–Crippen LogP) is -0.329. The van der Waals surface area contributed by atoms with E-state index in [-0.39, 0.29) is 12.4 Å². The first kappa shape index (κ1) is 11.9. The number of hydrogen-bond donors (Lipinski definition) is 2. The number of halogens is 1. The SMILES string of the molecule is CCN(C)CC(O)O.Cl. The summed E-state index contributed by atoms with van der Waals surface area (Å²) < 4.78 is 0. The quantitative estimate of drug-likeness (QED) is 0.549. The molecule has 0 radical (unpaired) electrons. The fourth-order valence-corrected chi connectivity index (χ4v) is 0.408. The summed E-state index contributed by atoms with van der Waals surface area (Å²) in [6.45, 7) is 3.14. The van der Waals surface area contributed by atoms with Gasteiger partial charge in [0.05, 0.1) is 0 Å². The molecule has 0 saturated carbocycles. The summed E-state index contributed by atoms with van der Waals surface area (Å²) >= 11 is 0. The van der Waals surface area contributed by atoms with Crippen LogP contribution in [0, 0.1) is 0 Å². The Morgan fingerprint density at radius 2 is 1.89 bits per heavy atom. The Kier molecular flexibility index (Phi) is 8.32. The van der Waals surface area contributed by atoms with Crippen LogP contribution in [0.2, 0.25) is 0 Å².